The summed E-state index contributed by atoms with van der Waals surface area (Å²) in [6.45, 7) is 12.5. The summed E-state index contributed by atoms with van der Waals surface area (Å²) < 4.78 is 18.4. The average molecular weight is 637 g/mol. The minimum atomic E-state index is -0.616. The molecule has 0 saturated heterocycles. The van der Waals surface area contributed by atoms with Crippen molar-refractivity contribution < 1.29 is 23.8 Å². The summed E-state index contributed by atoms with van der Waals surface area (Å²) in [7, 11) is 0. The van der Waals surface area contributed by atoms with Crippen molar-refractivity contribution in [3.63, 3.8) is 0 Å². The van der Waals surface area contributed by atoms with E-state index in [4.69, 9.17) is 14.2 Å². The Balaban J connectivity index is 1.31. The van der Waals surface area contributed by atoms with Crippen LogP contribution in [0.4, 0.5) is 11.4 Å². The molecule has 47 heavy (non-hydrogen) atoms. The fraction of sp³-hybridized carbons (Fsp3) is 0.350. The van der Waals surface area contributed by atoms with E-state index in [0.717, 1.165) is 35.5 Å². The van der Waals surface area contributed by atoms with Crippen LogP contribution in [0.2, 0.25) is 0 Å². The maximum absolute atomic E-state index is 13.1. The first-order valence-electron chi connectivity index (χ1n) is 16.8. The molecule has 0 aliphatic heterocycles. The molecule has 4 atom stereocenters. The number of para-hydroxylation sites is 2. The Morgan fingerprint density at radius 3 is 1.23 bits per heavy atom. The van der Waals surface area contributed by atoms with Crippen LogP contribution in [0.1, 0.15) is 90.2 Å². The van der Waals surface area contributed by atoms with Crippen LogP contribution < -0.4 is 24.8 Å². The van der Waals surface area contributed by atoms with E-state index in [1.54, 1.807) is 48.5 Å². The molecule has 0 bridgehead atoms. The van der Waals surface area contributed by atoms with E-state index < -0.39 is 12.2 Å². The fourth-order valence-electron chi connectivity index (χ4n) is 5.18. The number of carbonyl (C=O) groups excluding carboxylic acids is 2. The van der Waals surface area contributed by atoms with Gasteiger partial charge in [0.15, 0.2) is 12.2 Å². The lowest BCUT2D eigenvalue weighted by atomic mass is 9.98. The zero-order valence-electron chi connectivity index (χ0n) is 28.4. The van der Waals surface area contributed by atoms with Gasteiger partial charge in [-0.15, -0.1) is 0 Å². The number of hydrogen-bond acceptors (Lipinski definition) is 5. The van der Waals surface area contributed by atoms with Gasteiger partial charge in [0.2, 0.25) is 0 Å². The molecule has 0 saturated carbocycles. The Kier molecular flexibility index (Phi) is 12.9. The summed E-state index contributed by atoms with van der Waals surface area (Å²) in [6, 6.07) is 30.2. The molecule has 4 aromatic rings. The number of nitrogens with one attached hydrogen (secondary N) is 2. The molecule has 0 fully saturated rings. The van der Waals surface area contributed by atoms with Gasteiger partial charge < -0.3 is 24.8 Å². The number of anilines is 2. The van der Waals surface area contributed by atoms with Crippen molar-refractivity contribution in [3.8, 4) is 23.0 Å². The number of ether oxygens (including phenoxy) is 3. The highest BCUT2D eigenvalue weighted by atomic mass is 16.5. The molecule has 0 aromatic heterocycles. The molecule has 7 nitrogen and oxygen atoms in total. The molecule has 0 radical (unpaired) electrons. The molecule has 7 heteroatoms. The molecule has 4 rings (SSSR count). The van der Waals surface area contributed by atoms with Crippen LogP contribution >= 0.6 is 0 Å². The van der Waals surface area contributed by atoms with Gasteiger partial charge >= 0.3 is 0 Å². The van der Waals surface area contributed by atoms with Crippen molar-refractivity contribution in [2.45, 2.75) is 91.3 Å². The smallest absolute Gasteiger partial charge is 0.265 e. The van der Waals surface area contributed by atoms with Crippen LogP contribution in [-0.2, 0) is 9.59 Å². The highest BCUT2D eigenvalue weighted by Crippen LogP contribution is 2.31. The number of hydrogen-bond donors (Lipinski definition) is 2. The van der Waals surface area contributed by atoms with Crippen molar-refractivity contribution in [1.82, 2.24) is 0 Å². The molecular weight excluding hydrogens is 588 g/mol. The Labute approximate surface area is 279 Å². The molecule has 4 aromatic carbocycles. The predicted molar refractivity (Wildman–Crippen MR) is 190 cm³/mol. The largest absolute Gasteiger partial charge is 0.480 e. The Bertz CT molecular complexity index is 1470. The first-order valence-corrected chi connectivity index (χ1v) is 16.8. The summed E-state index contributed by atoms with van der Waals surface area (Å²) in [5, 5.41) is 5.93. The third-order valence-electron chi connectivity index (χ3n) is 8.47. The second-order valence-electron chi connectivity index (χ2n) is 11.9. The van der Waals surface area contributed by atoms with Crippen LogP contribution in [0.5, 0.6) is 23.0 Å². The van der Waals surface area contributed by atoms with Crippen LogP contribution in [0.3, 0.4) is 0 Å². The predicted octanol–water partition coefficient (Wildman–Crippen LogP) is 10.1. The maximum Gasteiger partial charge on any atom is 0.265 e. The fourth-order valence-corrected chi connectivity index (χ4v) is 5.18. The minimum Gasteiger partial charge on any atom is -0.480 e. The summed E-state index contributed by atoms with van der Waals surface area (Å²) in [5.41, 5.74) is 3.52. The van der Waals surface area contributed by atoms with Gasteiger partial charge in [0.25, 0.3) is 11.8 Å². The lowest BCUT2D eigenvalue weighted by Gasteiger charge is -2.21. The molecule has 0 aliphatic rings. The molecule has 4 unspecified atom stereocenters. The third kappa shape index (κ3) is 9.61. The zero-order chi connectivity index (χ0) is 33.8. The van der Waals surface area contributed by atoms with Gasteiger partial charge in [-0.05, 0) is 109 Å². The molecule has 0 heterocycles. The van der Waals surface area contributed by atoms with E-state index in [1.807, 2.05) is 50.2 Å². The van der Waals surface area contributed by atoms with Gasteiger partial charge in [-0.25, -0.2) is 0 Å². The van der Waals surface area contributed by atoms with E-state index in [-0.39, 0.29) is 11.8 Å². The maximum atomic E-state index is 13.1. The van der Waals surface area contributed by atoms with Gasteiger partial charge in [-0.2, -0.15) is 0 Å². The van der Waals surface area contributed by atoms with Crippen molar-refractivity contribution in [2.75, 3.05) is 10.6 Å². The second kappa shape index (κ2) is 17.2. The van der Waals surface area contributed by atoms with Crippen molar-refractivity contribution >= 4 is 23.2 Å². The van der Waals surface area contributed by atoms with Gasteiger partial charge in [-0.1, -0.05) is 77.9 Å². The van der Waals surface area contributed by atoms with Gasteiger partial charge in [-0.3, -0.25) is 9.59 Å². The number of amides is 2. The topological polar surface area (TPSA) is 85.9 Å². The van der Waals surface area contributed by atoms with E-state index in [0.29, 0.717) is 47.6 Å². The summed E-state index contributed by atoms with van der Waals surface area (Å²) in [6.07, 6.45) is 1.82. The van der Waals surface area contributed by atoms with E-state index in [2.05, 4.69) is 50.5 Å². The average Bonchev–Trinajstić information content (AvgIpc) is 3.10. The van der Waals surface area contributed by atoms with E-state index in [9.17, 15) is 9.59 Å². The van der Waals surface area contributed by atoms with Crippen LogP contribution in [0.25, 0.3) is 0 Å². The monoisotopic (exact) mass is 636 g/mol. The number of benzene rings is 4. The molecule has 248 valence electrons. The molecule has 2 amide bonds. The van der Waals surface area contributed by atoms with E-state index >= 15 is 0 Å². The van der Waals surface area contributed by atoms with Crippen LogP contribution in [-0.4, -0.2) is 24.0 Å². The zero-order valence-corrected chi connectivity index (χ0v) is 28.4. The standard InChI is InChI=1S/C40H48N2O5/c1-7-27(5)33-15-11-13-17-37(33)46-35(9-3)39(43)41-29-19-23-31(24-20-29)45-32-25-21-30(22-26-32)42-40(44)36(10-4)47-38-18-14-12-16-34(38)28(6)8-2/h11-28,35-36H,7-10H2,1-6H3,(H,41,43)(H,42,44). The Hall–Kier alpha value is -4.78. The Morgan fingerprint density at radius 2 is 0.894 bits per heavy atom. The highest BCUT2D eigenvalue weighted by Gasteiger charge is 2.22. The minimum absolute atomic E-state index is 0.201. The first-order chi connectivity index (χ1) is 22.8. The summed E-state index contributed by atoms with van der Waals surface area (Å²) >= 11 is 0. The number of carbonyl (C=O) groups is 2. The van der Waals surface area contributed by atoms with Gasteiger partial charge in [0.1, 0.15) is 23.0 Å². The second-order valence-corrected chi connectivity index (χ2v) is 11.9. The molecule has 0 aliphatic carbocycles. The molecule has 0 spiro atoms. The van der Waals surface area contributed by atoms with Crippen molar-refractivity contribution in [3.05, 3.63) is 108 Å². The first kappa shape index (κ1) is 35.1. The summed E-state index contributed by atoms with van der Waals surface area (Å²) in [5.74, 6) is 3.01. The molecule has 2 N–H and O–H groups in total. The molecular formula is C40H48N2O5. The van der Waals surface area contributed by atoms with Crippen LogP contribution in [0, 0.1) is 0 Å². The third-order valence-corrected chi connectivity index (χ3v) is 8.47. The van der Waals surface area contributed by atoms with Crippen molar-refractivity contribution in [2.24, 2.45) is 0 Å². The lowest BCUT2D eigenvalue weighted by Crippen LogP contribution is -2.32. The normalized spacial score (nSPS) is 13.5. The lowest BCUT2D eigenvalue weighted by molar-refractivity contribution is -0.123. The van der Waals surface area contributed by atoms with Crippen molar-refractivity contribution in [1.29, 1.82) is 0 Å². The summed E-state index contributed by atoms with van der Waals surface area (Å²) in [4.78, 5) is 26.2. The van der Waals surface area contributed by atoms with Gasteiger partial charge in [0.05, 0.1) is 0 Å². The van der Waals surface area contributed by atoms with Gasteiger partial charge in [0, 0.05) is 11.4 Å². The Morgan fingerprint density at radius 1 is 0.532 bits per heavy atom. The SMILES string of the molecule is CCC(Oc1ccccc1C(C)CC)C(=O)Nc1ccc(Oc2ccc(NC(=O)C(CC)Oc3ccccc3C(C)CC)cc2)cc1. The number of rotatable bonds is 16. The van der Waals surface area contributed by atoms with Crippen LogP contribution in [0.15, 0.2) is 97.1 Å². The highest BCUT2D eigenvalue weighted by molar-refractivity contribution is 5.95. The van der Waals surface area contributed by atoms with E-state index in [1.165, 1.54) is 0 Å². The quantitative estimate of drug-likeness (QED) is 0.128.